The molecule has 2 rings (SSSR count). The number of carbonyl (C=O) groups is 1. The topological polar surface area (TPSA) is 86.5 Å². The van der Waals surface area contributed by atoms with Gasteiger partial charge in [0.05, 0.1) is 4.90 Å². The van der Waals surface area contributed by atoms with Crippen LogP contribution in [0.3, 0.4) is 0 Å². The molecule has 0 aliphatic heterocycles. The Morgan fingerprint density at radius 3 is 2.26 bits per heavy atom. The predicted molar refractivity (Wildman–Crippen MR) is 94.1 cm³/mol. The van der Waals surface area contributed by atoms with Crippen molar-refractivity contribution >= 4 is 38.6 Å². The normalized spacial score (nSPS) is 10.5. The van der Waals surface area contributed by atoms with Crippen molar-refractivity contribution in [3.63, 3.8) is 0 Å². The van der Waals surface area contributed by atoms with Crippen LogP contribution in [0.25, 0.3) is 0 Å². The first-order valence-corrected chi connectivity index (χ1v) is 9.05. The van der Waals surface area contributed by atoms with Crippen molar-refractivity contribution in [1.82, 2.24) is 0 Å². The summed E-state index contributed by atoms with van der Waals surface area (Å²) >= 11 is 2.16. The van der Waals surface area contributed by atoms with E-state index in [1.54, 1.807) is 12.1 Å². The van der Waals surface area contributed by atoms with Gasteiger partial charge in [-0.2, -0.15) is 0 Å². The first-order valence-electron chi connectivity index (χ1n) is 6.42. The van der Waals surface area contributed by atoms with Crippen LogP contribution in [0.2, 0.25) is 0 Å². The van der Waals surface area contributed by atoms with Crippen LogP contribution in [-0.4, -0.2) is 14.4 Å². The summed E-state index contributed by atoms with van der Waals surface area (Å²) in [5.41, 5.74) is 0.583. The molecule has 5 nitrogen and oxygen atoms in total. The van der Waals surface area contributed by atoms with Gasteiger partial charge in [-0.15, -0.1) is 0 Å². The standard InChI is InChI=1S/C16H12INO4S/c17-13-6-8-14(9-7-13)22-16(19)3-1-2-12-4-10-15(11-5-12)23(18,20)21/h4-11H,3H2,(H2,18,20,21). The second-order valence-electron chi connectivity index (χ2n) is 4.48. The lowest BCUT2D eigenvalue weighted by atomic mass is 10.2. The molecule has 0 bridgehead atoms. The molecule has 0 saturated heterocycles. The van der Waals surface area contributed by atoms with Crippen LogP contribution in [0, 0.1) is 15.4 Å². The average molecular weight is 441 g/mol. The number of nitrogens with two attached hydrogens (primary N) is 1. The minimum absolute atomic E-state index is 0.0150. The highest BCUT2D eigenvalue weighted by atomic mass is 127. The zero-order chi connectivity index (χ0) is 16.9. The second kappa shape index (κ2) is 7.59. The Hall–Kier alpha value is -1.89. The van der Waals surface area contributed by atoms with Crippen LogP contribution in [0.1, 0.15) is 12.0 Å². The third-order valence-electron chi connectivity index (χ3n) is 2.69. The summed E-state index contributed by atoms with van der Waals surface area (Å²) in [5, 5.41) is 5.00. The van der Waals surface area contributed by atoms with Gasteiger partial charge in [-0.3, -0.25) is 4.79 Å². The van der Waals surface area contributed by atoms with Crippen molar-refractivity contribution in [2.75, 3.05) is 0 Å². The Morgan fingerprint density at radius 2 is 1.70 bits per heavy atom. The number of esters is 1. The van der Waals surface area contributed by atoms with Crippen LogP contribution in [0.4, 0.5) is 0 Å². The molecule has 7 heteroatoms. The molecule has 0 fully saturated rings. The van der Waals surface area contributed by atoms with Crippen LogP contribution in [0.15, 0.2) is 53.4 Å². The Balaban J connectivity index is 1.94. The van der Waals surface area contributed by atoms with E-state index in [1.807, 2.05) is 12.1 Å². The fourth-order valence-electron chi connectivity index (χ4n) is 1.62. The molecule has 0 aliphatic rings. The van der Waals surface area contributed by atoms with Gasteiger partial charge in [-0.25, -0.2) is 13.6 Å². The summed E-state index contributed by atoms with van der Waals surface area (Å²) in [5.74, 6) is 5.45. The summed E-state index contributed by atoms with van der Waals surface area (Å²) in [6, 6.07) is 12.9. The van der Waals surface area contributed by atoms with E-state index in [9.17, 15) is 13.2 Å². The number of benzene rings is 2. The van der Waals surface area contributed by atoms with Gasteiger partial charge in [-0.1, -0.05) is 11.8 Å². The van der Waals surface area contributed by atoms with Crippen molar-refractivity contribution < 1.29 is 17.9 Å². The van der Waals surface area contributed by atoms with Crippen LogP contribution < -0.4 is 9.88 Å². The van der Waals surface area contributed by atoms with Crippen molar-refractivity contribution in [3.8, 4) is 17.6 Å². The molecule has 0 atom stereocenters. The minimum Gasteiger partial charge on any atom is -0.426 e. The van der Waals surface area contributed by atoms with Gasteiger partial charge in [-0.05, 0) is 71.1 Å². The second-order valence-corrected chi connectivity index (χ2v) is 7.28. The highest BCUT2D eigenvalue weighted by Crippen LogP contribution is 2.14. The van der Waals surface area contributed by atoms with Gasteiger partial charge in [0.25, 0.3) is 0 Å². The van der Waals surface area contributed by atoms with E-state index in [0.29, 0.717) is 11.3 Å². The molecule has 2 aromatic carbocycles. The SMILES string of the molecule is NS(=O)(=O)c1ccc(C#CCC(=O)Oc2ccc(I)cc2)cc1. The summed E-state index contributed by atoms with van der Waals surface area (Å²) in [4.78, 5) is 11.7. The highest BCUT2D eigenvalue weighted by Gasteiger charge is 2.06. The quantitative estimate of drug-likeness (QED) is 0.343. The van der Waals surface area contributed by atoms with Gasteiger partial charge in [0.2, 0.25) is 10.0 Å². The number of sulfonamides is 1. The molecular formula is C16H12INO4S. The summed E-state index contributed by atoms with van der Waals surface area (Å²) in [6.07, 6.45) is -0.0665. The van der Waals surface area contributed by atoms with Gasteiger partial charge in [0.15, 0.2) is 0 Å². The molecule has 0 aromatic heterocycles. The van der Waals surface area contributed by atoms with Crippen molar-refractivity contribution in [2.24, 2.45) is 5.14 Å². The van der Waals surface area contributed by atoms with E-state index in [1.165, 1.54) is 24.3 Å². The first kappa shape index (κ1) is 17.5. The molecule has 0 heterocycles. The Labute approximate surface area is 148 Å². The van der Waals surface area contributed by atoms with E-state index >= 15 is 0 Å². The van der Waals surface area contributed by atoms with Gasteiger partial charge in [0.1, 0.15) is 12.2 Å². The third kappa shape index (κ3) is 5.67. The molecule has 118 valence electrons. The lowest BCUT2D eigenvalue weighted by Crippen LogP contribution is -2.11. The number of hydrogen-bond donors (Lipinski definition) is 1. The number of rotatable bonds is 3. The third-order valence-corrected chi connectivity index (χ3v) is 4.34. The van der Waals surface area contributed by atoms with Gasteiger partial charge in [0, 0.05) is 9.13 Å². The van der Waals surface area contributed by atoms with E-state index < -0.39 is 16.0 Å². The molecule has 0 unspecified atom stereocenters. The molecule has 0 radical (unpaired) electrons. The fraction of sp³-hybridized carbons (Fsp3) is 0.0625. The van der Waals surface area contributed by atoms with E-state index in [2.05, 4.69) is 34.4 Å². The Bertz CT molecular complexity index is 863. The van der Waals surface area contributed by atoms with Gasteiger partial charge < -0.3 is 4.74 Å². The van der Waals surface area contributed by atoms with E-state index in [4.69, 9.17) is 9.88 Å². The first-order chi connectivity index (χ1) is 10.8. The molecule has 0 amide bonds. The molecular weight excluding hydrogens is 429 g/mol. The lowest BCUT2D eigenvalue weighted by molar-refractivity contribution is -0.133. The smallest absolute Gasteiger partial charge is 0.323 e. The van der Waals surface area contributed by atoms with E-state index in [0.717, 1.165) is 3.57 Å². The number of hydrogen-bond acceptors (Lipinski definition) is 4. The maximum Gasteiger partial charge on any atom is 0.323 e. The Morgan fingerprint density at radius 1 is 1.09 bits per heavy atom. The fourth-order valence-corrected chi connectivity index (χ4v) is 2.49. The number of primary sulfonamides is 1. The maximum atomic E-state index is 11.7. The van der Waals surface area contributed by atoms with Crippen LogP contribution in [0.5, 0.6) is 5.75 Å². The monoisotopic (exact) mass is 441 g/mol. The molecule has 0 aliphatic carbocycles. The molecule has 2 aromatic rings. The highest BCUT2D eigenvalue weighted by molar-refractivity contribution is 14.1. The number of carbonyl (C=O) groups excluding carboxylic acids is 1. The summed E-state index contributed by atoms with van der Waals surface area (Å²) in [7, 11) is -3.71. The summed E-state index contributed by atoms with van der Waals surface area (Å²) in [6.45, 7) is 0. The average Bonchev–Trinajstić information content (AvgIpc) is 2.49. The van der Waals surface area contributed by atoms with E-state index in [-0.39, 0.29) is 11.3 Å². The predicted octanol–water partition coefficient (Wildman–Crippen LogP) is 2.29. The number of ether oxygens (including phenoxy) is 1. The summed E-state index contributed by atoms with van der Waals surface area (Å²) < 4.78 is 28.4. The molecule has 0 saturated carbocycles. The zero-order valence-corrected chi connectivity index (χ0v) is 14.8. The lowest BCUT2D eigenvalue weighted by Gasteiger charge is -2.01. The minimum atomic E-state index is -3.71. The zero-order valence-electron chi connectivity index (χ0n) is 11.8. The van der Waals surface area contributed by atoms with Gasteiger partial charge >= 0.3 is 5.97 Å². The van der Waals surface area contributed by atoms with Crippen molar-refractivity contribution in [1.29, 1.82) is 0 Å². The molecule has 23 heavy (non-hydrogen) atoms. The molecule has 0 spiro atoms. The number of halogens is 1. The maximum absolute atomic E-state index is 11.7. The van der Waals surface area contributed by atoms with Crippen molar-refractivity contribution in [3.05, 3.63) is 57.7 Å². The molecule has 2 N–H and O–H groups in total. The van der Waals surface area contributed by atoms with Crippen LogP contribution >= 0.6 is 22.6 Å². The largest absolute Gasteiger partial charge is 0.426 e. The Kier molecular flexibility index (Phi) is 5.76. The van der Waals surface area contributed by atoms with Crippen LogP contribution in [-0.2, 0) is 14.8 Å². The van der Waals surface area contributed by atoms with Crippen molar-refractivity contribution in [2.45, 2.75) is 11.3 Å².